The van der Waals surface area contributed by atoms with Gasteiger partial charge < -0.3 is 14.6 Å². The predicted molar refractivity (Wildman–Crippen MR) is 116 cm³/mol. The highest BCUT2D eigenvalue weighted by Gasteiger charge is 2.09. The third-order valence-electron chi connectivity index (χ3n) is 4.66. The molecule has 0 saturated heterocycles. The van der Waals surface area contributed by atoms with Crippen molar-refractivity contribution in [2.75, 3.05) is 6.61 Å². The smallest absolute Gasteiger partial charge is 0.258 e. The van der Waals surface area contributed by atoms with Crippen molar-refractivity contribution >= 4 is 5.91 Å². The molecule has 5 heteroatoms. The van der Waals surface area contributed by atoms with Gasteiger partial charge in [0.25, 0.3) is 5.91 Å². The van der Waals surface area contributed by atoms with Crippen molar-refractivity contribution < 1.29 is 14.1 Å². The maximum atomic E-state index is 12.0. The summed E-state index contributed by atoms with van der Waals surface area (Å²) in [5.41, 5.74) is 4.97. The van der Waals surface area contributed by atoms with Crippen LogP contribution < -0.4 is 10.1 Å². The Morgan fingerprint density at radius 2 is 1.63 bits per heavy atom. The monoisotopic (exact) mass is 398 g/mol. The lowest BCUT2D eigenvalue weighted by Gasteiger charge is -2.06. The van der Waals surface area contributed by atoms with Crippen LogP contribution in [0.25, 0.3) is 22.5 Å². The zero-order valence-electron chi connectivity index (χ0n) is 16.7. The molecule has 4 rings (SSSR count). The van der Waals surface area contributed by atoms with E-state index in [0.717, 1.165) is 22.3 Å². The van der Waals surface area contributed by atoms with Crippen molar-refractivity contribution in [3.05, 3.63) is 96.2 Å². The molecule has 1 N–H and O–H groups in total. The molecule has 0 aliphatic heterocycles. The molecular weight excluding hydrogens is 376 g/mol. The Morgan fingerprint density at radius 3 is 2.40 bits per heavy atom. The number of hydrogen-bond donors (Lipinski definition) is 1. The first-order valence-electron chi connectivity index (χ1n) is 9.75. The van der Waals surface area contributed by atoms with E-state index in [1.54, 1.807) is 0 Å². The number of benzene rings is 3. The fourth-order valence-corrected chi connectivity index (χ4v) is 3.08. The van der Waals surface area contributed by atoms with Crippen LogP contribution >= 0.6 is 0 Å². The molecule has 0 unspecified atom stereocenters. The molecule has 0 saturated carbocycles. The van der Waals surface area contributed by atoms with Gasteiger partial charge in [0.15, 0.2) is 12.4 Å². The molecular formula is C25H22N2O3. The molecule has 1 aromatic heterocycles. The van der Waals surface area contributed by atoms with Crippen molar-refractivity contribution in [2.24, 2.45) is 0 Å². The molecule has 0 radical (unpaired) electrons. The zero-order valence-corrected chi connectivity index (χ0v) is 16.7. The van der Waals surface area contributed by atoms with Crippen LogP contribution in [0.5, 0.6) is 5.75 Å². The second kappa shape index (κ2) is 9.09. The molecule has 0 atom stereocenters. The number of hydrogen-bond acceptors (Lipinski definition) is 4. The molecule has 0 aliphatic carbocycles. The lowest BCUT2D eigenvalue weighted by atomic mass is 10.0. The average Bonchev–Trinajstić information content (AvgIpc) is 3.26. The van der Waals surface area contributed by atoms with Gasteiger partial charge in [-0.1, -0.05) is 71.9 Å². The minimum Gasteiger partial charge on any atom is -0.484 e. The Morgan fingerprint density at radius 1 is 0.900 bits per heavy atom. The van der Waals surface area contributed by atoms with Crippen molar-refractivity contribution in [1.29, 1.82) is 0 Å². The van der Waals surface area contributed by atoms with Crippen molar-refractivity contribution in [3.63, 3.8) is 0 Å². The Kier molecular flexibility index (Phi) is 5.90. The number of nitrogens with zero attached hydrogens (tertiary/aromatic N) is 1. The number of amides is 1. The molecule has 0 spiro atoms. The second-order valence-corrected chi connectivity index (χ2v) is 7.01. The van der Waals surface area contributed by atoms with E-state index >= 15 is 0 Å². The molecule has 150 valence electrons. The summed E-state index contributed by atoms with van der Waals surface area (Å²) >= 11 is 0. The first kappa shape index (κ1) is 19.5. The Balaban J connectivity index is 1.31. The van der Waals surface area contributed by atoms with Crippen LogP contribution in [0.2, 0.25) is 0 Å². The first-order chi connectivity index (χ1) is 14.7. The second-order valence-electron chi connectivity index (χ2n) is 7.01. The number of ether oxygens (including phenoxy) is 1. The van der Waals surface area contributed by atoms with Gasteiger partial charge >= 0.3 is 0 Å². The summed E-state index contributed by atoms with van der Waals surface area (Å²) in [5, 5.41) is 6.84. The summed E-state index contributed by atoms with van der Waals surface area (Å²) in [4.78, 5) is 12.0. The third-order valence-corrected chi connectivity index (χ3v) is 4.66. The molecule has 30 heavy (non-hydrogen) atoms. The van der Waals surface area contributed by atoms with Gasteiger partial charge in [-0.15, -0.1) is 0 Å². The van der Waals surface area contributed by atoms with Crippen LogP contribution in [0, 0.1) is 6.92 Å². The van der Waals surface area contributed by atoms with E-state index in [-0.39, 0.29) is 19.1 Å². The number of carbonyl (C=O) groups is 1. The molecule has 5 nitrogen and oxygen atoms in total. The maximum Gasteiger partial charge on any atom is 0.258 e. The van der Waals surface area contributed by atoms with Gasteiger partial charge in [-0.25, -0.2) is 0 Å². The van der Waals surface area contributed by atoms with Crippen LogP contribution in [0.3, 0.4) is 0 Å². The first-order valence-corrected chi connectivity index (χ1v) is 9.75. The van der Waals surface area contributed by atoms with Crippen LogP contribution in [-0.2, 0) is 11.3 Å². The standard InChI is InChI=1S/C25H22N2O3/c1-18-6-5-9-23(14-18)29-17-25(28)26-16-22-15-24(30-27-22)21-12-10-20(11-13-21)19-7-3-2-4-8-19/h2-15H,16-17H2,1H3,(H,26,28). The van der Waals surface area contributed by atoms with E-state index in [1.165, 1.54) is 0 Å². The van der Waals surface area contributed by atoms with E-state index in [0.29, 0.717) is 17.2 Å². The largest absolute Gasteiger partial charge is 0.484 e. The van der Waals surface area contributed by atoms with Crippen molar-refractivity contribution in [1.82, 2.24) is 10.5 Å². The molecule has 0 fully saturated rings. The van der Waals surface area contributed by atoms with E-state index in [1.807, 2.05) is 67.6 Å². The van der Waals surface area contributed by atoms with E-state index in [2.05, 4.69) is 34.7 Å². The average molecular weight is 398 g/mol. The summed E-state index contributed by atoms with van der Waals surface area (Å²) in [6.45, 7) is 2.21. The summed E-state index contributed by atoms with van der Waals surface area (Å²) in [6.07, 6.45) is 0. The SMILES string of the molecule is Cc1cccc(OCC(=O)NCc2cc(-c3ccc(-c4ccccc4)cc3)on2)c1. The van der Waals surface area contributed by atoms with Crippen molar-refractivity contribution in [2.45, 2.75) is 13.5 Å². The van der Waals surface area contributed by atoms with Gasteiger partial charge in [0.1, 0.15) is 11.4 Å². The highest BCUT2D eigenvalue weighted by atomic mass is 16.5. The highest BCUT2D eigenvalue weighted by Crippen LogP contribution is 2.25. The molecule has 0 aliphatic rings. The van der Waals surface area contributed by atoms with Gasteiger partial charge in [0.2, 0.25) is 0 Å². The van der Waals surface area contributed by atoms with Crippen LogP contribution in [-0.4, -0.2) is 17.7 Å². The summed E-state index contributed by atoms with van der Waals surface area (Å²) in [6, 6.07) is 27.7. The topological polar surface area (TPSA) is 64.4 Å². The van der Waals surface area contributed by atoms with Crippen molar-refractivity contribution in [3.8, 4) is 28.2 Å². The molecule has 1 heterocycles. The maximum absolute atomic E-state index is 12.0. The number of aryl methyl sites for hydroxylation is 1. The Hall–Kier alpha value is -3.86. The number of nitrogens with one attached hydrogen (secondary N) is 1. The minimum atomic E-state index is -0.215. The summed E-state index contributed by atoms with van der Waals surface area (Å²) in [7, 11) is 0. The zero-order chi connectivity index (χ0) is 20.8. The quantitative estimate of drug-likeness (QED) is 0.475. The number of rotatable bonds is 7. The van der Waals surface area contributed by atoms with E-state index in [9.17, 15) is 4.79 Å². The molecule has 3 aromatic carbocycles. The lowest BCUT2D eigenvalue weighted by molar-refractivity contribution is -0.123. The lowest BCUT2D eigenvalue weighted by Crippen LogP contribution is -2.28. The van der Waals surface area contributed by atoms with E-state index < -0.39 is 0 Å². The van der Waals surface area contributed by atoms with Crippen LogP contribution in [0.4, 0.5) is 0 Å². The van der Waals surface area contributed by atoms with Gasteiger partial charge in [-0.2, -0.15) is 0 Å². The van der Waals surface area contributed by atoms with E-state index in [4.69, 9.17) is 9.26 Å². The molecule has 4 aromatic rings. The number of aromatic nitrogens is 1. The fraction of sp³-hybridized carbons (Fsp3) is 0.120. The van der Waals surface area contributed by atoms with Gasteiger partial charge in [-0.3, -0.25) is 4.79 Å². The van der Waals surface area contributed by atoms with Crippen LogP contribution in [0.15, 0.2) is 89.5 Å². The molecule has 1 amide bonds. The summed E-state index contributed by atoms with van der Waals surface area (Å²) in [5.74, 6) is 1.12. The van der Waals surface area contributed by atoms with Crippen LogP contribution in [0.1, 0.15) is 11.3 Å². The fourth-order valence-electron chi connectivity index (χ4n) is 3.08. The molecule has 0 bridgehead atoms. The Labute approximate surface area is 175 Å². The normalized spacial score (nSPS) is 10.6. The minimum absolute atomic E-state index is 0.0465. The Bertz CT molecular complexity index is 1120. The third kappa shape index (κ3) is 4.94. The van der Waals surface area contributed by atoms with Gasteiger partial charge in [-0.05, 0) is 35.7 Å². The summed E-state index contributed by atoms with van der Waals surface area (Å²) < 4.78 is 10.9. The van der Waals surface area contributed by atoms with Gasteiger partial charge in [0, 0.05) is 11.6 Å². The predicted octanol–water partition coefficient (Wildman–Crippen LogP) is 5.01. The highest BCUT2D eigenvalue weighted by molar-refractivity contribution is 5.77. The number of carbonyl (C=O) groups excluding carboxylic acids is 1. The van der Waals surface area contributed by atoms with Gasteiger partial charge in [0.05, 0.1) is 6.54 Å².